The third kappa shape index (κ3) is 4.11. The smallest absolute Gasteiger partial charge is 0.151 e. The highest BCUT2D eigenvalue weighted by molar-refractivity contribution is 7.91. The third-order valence-corrected chi connectivity index (χ3v) is 5.03. The molecular weight excluding hydrogens is 210 g/mol. The minimum Gasteiger partial charge on any atom is -0.318 e. The minimum absolute atomic E-state index is 0.180. The Balaban J connectivity index is 2.69. The van der Waals surface area contributed by atoms with Crippen molar-refractivity contribution in [2.45, 2.75) is 43.8 Å². The Morgan fingerprint density at radius 3 is 2.13 bits per heavy atom. The maximum atomic E-state index is 11.7. The summed E-state index contributed by atoms with van der Waals surface area (Å²) in [6, 6.07) is 0. The van der Waals surface area contributed by atoms with Crippen molar-refractivity contribution in [1.82, 2.24) is 5.32 Å². The largest absolute Gasteiger partial charge is 0.318 e. The maximum Gasteiger partial charge on any atom is 0.151 e. The monoisotopic (exact) mass is 233 g/mol. The second kappa shape index (κ2) is 5.85. The average molecular weight is 233 g/mol. The first kappa shape index (κ1) is 13.0. The summed E-state index contributed by atoms with van der Waals surface area (Å²) in [5, 5.41) is 2.83. The van der Waals surface area contributed by atoms with Gasteiger partial charge in [-0.2, -0.15) is 0 Å². The van der Waals surface area contributed by atoms with E-state index in [2.05, 4.69) is 5.32 Å². The van der Waals surface area contributed by atoms with Crippen LogP contribution in [0.4, 0.5) is 0 Å². The van der Waals surface area contributed by atoms with Crippen LogP contribution in [0.2, 0.25) is 0 Å². The summed E-state index contributed by atoms with van der Waals surface area (Å²) in [6.07, 6.45) is 8.47. The lowest BCUT2D eigenvalue weighted by atomic mass is 9.96. The summed E-state index contributed by atoms with van der Waals surface area (Å²) in [6.45, 7) is 0.601. The van der Waals surface area contributed by atoms with Crippen LogP contribution in [-0.2, 0) is 9.84 Å². The van der Waals surface area contributed by atoms with Crippen molar-refractivity contribution < 1.29 is 8.42 Å². The van der Waals surface area contributed by atoms with Gasteiger partial charge in [-0.15, -0.1) is 0 Å². The van der Waals surface area contributed by atoms with Crippen LogP contribution in [0.15, 0.2) is 0 Å². The molecular formula is C11H23NO2S. The Kier molecular flexibility index (Phi) is 5.06. The van der Waals surface area contributed by atoms with Crippen molar-refractivity contribution in [2.75, 3.05) is 19.8 Å². The zero-order valence-electron chi connectivity index (χ0n) is 9.83. The Hall–Kier alpha value is -0.0900. The lowest BCUT2D eigenvalue weighted by Gasteiger charge is -2.24. The molecule has 1 N–H and O–H groups in total. The Morgan fingerprint density at radius 1 is 1.20 bits per heavy atom. The molecule has 0 aromatic heterocycles. The van der Waals surface area contributed by atoms with Gasteiger partial charge in [-0.25, -0.2) is 8.42 Å². The van der Waals surface area contributed by atoms with Crippen molar-refractivity contribution in [3.8, 4) is 0 Å². The molecule has 15 heavy (non-hydrogen) atoms. The van der Waals surface area contributed by atoms with Crippen molar-refractivity contribution in [1.29, 1.82) is 0 Å². The van der Waals surface area contributed by atoms with Crippen LogP contribution in [0.5, 0.6) is 0 Å². The van der Waals surface area contributed by atoms with Gasteiger partial charge >= 0.3 is 0 Å². The fourth-order valence-electron chi connectivity index (χ4n) is 2.55. The van der Waals surface area contributed by atoms with Crippen molar-refractivity contribution in [2.24, 2.45) is 5.92 Å². The van der Waals surface area contributed by atoms with E-state index in [1.165, 1.54) is 31.9 Å². The van der Waals surface area contributed by atoms with E-state index < -0.39 is 9.84 Å². The van der Waals surface area contributed by atoms with Crippen LogP contribution in [0.3, 0.4) is 0 Å². The normalized spacial score (nSPS) is 22.3. The molecule has 0 amide bonds. The number of sulfone groups is 1. The molecule has 0 aromatic rings. The van der Waals surface area contributed by atoms with Gasteiger partial charge in [-0.3, -0.25) is 0 Å². The molecule has 0 heterocycles. The Labute approximate surface area is 93.6 Å². The van der Waals surface area contributed by atoms with E-state index in [4.69, 9.17) is 0 Å². The summed E-state index contributed by atoms with van der Waals surface area (Å²) in [4.78, 5) is 0. The van der Waals surface area contributed by atoms with Crippen molar-refractivity contribution in [3.63, 3.8) is 0 Å². The van der Waals surface area contributed by atoms with E-state index in [1.807, 2.05) is 7.05 Å². The lowest BCUT2D eigenvalue weighted by molar-refractivity contribution is 0.416. The van der Waals surface area contributed by atoms with E-state index in [0.717, 1.165) is 12.8 Å². The topological polar surface area (TPSA) is 46.2 Å². The highest BCUT2D eigenvalue weighted by Gasteiger charge is 2.29. The predicted octanol–water partition coefficient (Wildman–Crippen LogP) is 1.59. The molecule has 1 aliphatic carbocycles. The van der Waals surface area contributed by atoms with E-state index >= 15 is 0 Å². The Morgan fingerprint density at radius 2 is 1.73 bits per heavy atom. The van der Waals surface area contributed by atoms with E-state index in [1.54, 1.807) is 0 Å². The quantitative estimate of drug-likeness (QED) is 0.750. The average Bonchev–Trinajstić information content (AvgIpc) is 2.40. The van der Waals surface area contributed by atoms with Gasteiger partial charge in [-0.1, -0.05) is 25.7 Å². The minimum atomic E-state index is -2.91. The fourth-order valence-corrected chi connectivity index (χ4v) is 3.99. The number of hydrogen-bond acceptors (Lipinski definition) is 3. The molecule has 0 aromatic carbocycles. The molecule has 1 rings (SSSR count). The van der Waals surface area contributed by atoms with Crippen LogP contribution < -0.4 is 5.32 Å². The van der Waals surface area contributed by atoms with Gasteiger partial charge in [0.1, 0.15) is 0 Å². The first-order valence-corrected chi connectivity index (χ1v) is 7.84. The van der Waals surface area contributed by atoms with Crippen LogP contribution in [-0.4, -0.2) is 33.5 Å². The van der Waals surface area contributed by atoms with E-state index in [0.29, 0.717) is 12.5 Å². The fraction of sp³-hybridized carbons (Fsp3) is 1.00. The molecule has 1 atom stereocenters. The first-order chi connectivity index (χ1) is 7.05. The Bertz CT molecular complexity index is 266. The summed E-state index contributed by atoms with van der Waals surface area (Å²) >= 11 is 0. The van der Waals surface area contributed by atoms with Gasteiger partial charge < -0.3 is 5.32 Å². The number of hydrogen-bond donors (Lipinski definition) is 1. The van der Waals surface area contributed by atoms with E-state index in [9.17, 15) is 8.42 Å². The van der Waals surface area contributed by atoms with Crippen LogP contribution in [0.25, 0.3) is 0 Å². The lowest BCUT2D eigenvalue weighted by Crippen LogP contribution is -2.37. The standard InChI is InChI=1S/C11H23NO2S/c1-12-9-11(15(2,13)14)10-7-5-3-4-6-8-10/h10-12H,3-9H2,1-2H3. The molecule has 0 radical (unpaired) electrons. The van der Waals surface area contributed by atoms with Gasteiger partial charge in [0.25, 0.3) is 0 Å². The predicted molar refractivity (Wildman–Crippen MR) is 63.8 cm³/mol. The van der Waals surface area contributed by atoms with Gasteiger partial charge in [0.2, 0.25) is 0 Å². The molecule has 3 nitrogen and oxygen atoms in total. The molecule has 0 spiro atoms. The molecule has 1 saturated carbocycles. The van der Waals surface area contributed by atoms with E-state index in [-0.39, 0.29) is 5.25 Å². The summed E-state index contributed by atoms with van der Waals surface area (Å²) in [5.41, 5.74) is 0. The molecule has 0 bridgehead atoms. The van der Waals surface area contributed by atoms with Gasteiger partial charge in [0, 0.05) is 12.8 Å². The second-order valence-corrected chi connectivity index (χ2v) is 6.94. The summed E-state index contributed by atoms with van der Waals surface area (Å²) < 4.78 is 23.4. The van der Waals surface area contributed by atoms with Gasteiger partial charge in [-0.05, 0) is 25.8 Å². The number of nitrogens with one attached hydrogen (secondary N) is 1. The molecule has 1 unspecified atom stereocenters. The van der Waals surface area contributed by atoms with Crippen LogP contribution in [0, 0.1) is 5.92 Å². The highest BCUT2D eigenvalue weighted by atomic mass is 32.2. The summed E-state index contributed by atoms with van der Waals surface area (Å²) in [5.74, 6) is 0.370. The number of rotatable bonds is 4. The molecule has 4 heteroatoms. The zero-order valence-corrected chi connectivity index (χ0v) is 10.6. The molecule has 0 saturated heterocycles. The first-order valence-electron chi connectivity index (χ1n) is 5.89. The molecule has 1 fully saturated rings. The van der Waals surface area contributed by atoms with Crippen LogP contribution in [0.1, 0.15) is 38.5 Å². The second-order valence-electron chi connectivity index (χ2n) is 4.68. The molecule has 1 aliphatic rings. The zero-order chi connectivity index (χ0) is 11.3. The van der Waals surface area contributed by atoms with Gasteiger partial charge in [0.05, 0.1) is 5.25 Å². The summed E-state index contributed by atoms with van der Waals surface area (Å²) in [7, 11) is -1.08. The third-order valence-electron chi connectivity index (χ3n) is 3.38. The maximum absolute atomic E-state index is 11.7. The van der Waals surface area contributed by atoms with Gasteiger partial charge in [0.15, 0.2) is 9.84 Å². The SMILES string of the molecule is CNCC(C1CCCCCC1)S(C)(=O)=O. The highest BCUT2D eigenvalue weighted by Crippen LogP contribution is 2.28. The molecule has 0 aliphatic heterocycles. The molecule has 90 valence electrons. The van der Waals surface area contributed by atoms with Crippen LogP contribution >= 0.6 is 0 Å². The van der Waals surface area contributed by atoms with Crippen molar-refractivity contribution in [3.05, 3.63) is 0 Å². The van der Waals surface area contributed by atoms with Crippen molar-refractivity contribution >= 4 is 9.84 Å².